The van der Waals surface area contributed by atoms with E-state index in [2.05, 4.69) is 11.8 Å². The fourth-order valence-corrected chi connectivity index (χ4v) is 3.36. The maximum atomic E-state index is 12.2. The summed E-state index contributed by atoms with van der Waals surface area (Å²) in [5, 5.41) is 0. The third-order valence-electron chi connectivity index (χ3n) is 4.69. The average Bonchev–Trinajstić information content (AvgIpc) is 2.46. The number of amides is 1. The van der Waals surface area contributed by atoms with Gasteiger partial charge in [-0.3, -0.25) is 4.90 Å². The van der Waals surface area contributed by atoms with Crippen molar-refractivity contribution in [2.45, 2.75) is 58.1 Å². The van der Waals surface area contributed by atoms with E-state index in [0.29, 0.717) is 0 Å². The summed E-state index contributed by atoms with van der Waals surface area (Å²) >= 11 is 0. The number of morpholine rings is 1. The van der Waals surface area contributed by atoms with Crippen molar-refractivity contribution in [1.29, 1.82) is 0 Å². The molecule has 0 bridgehead atoms. The number of ether oxygens (including phenoxy) is 2. The van der Waals surface area contributed by atoms with Crippen molar-refractivity contribution in [3.63, 3.8) is 0 Å². The van der Waals surface area contributed by atoms with E-state index in [1.165, 1.54) is 0 Å². The van der Waals surface area contributed by atoms with Gasteiger partial charge < -0.3 is 14.4 Å². The van der Waals surface area contributed by atoms with Crippen molar-refractivity contribution in [3.8, 4) is 0 Å². The van der Waals surface area contributed by atoms with Crippen LogP contribution in [0.25, 0.3) is 0 Å². The number of carbonyl (C=O) groups is 1. The number of likely N-dealkylation sites (tertiary alicyclic amines) is 1. The molecule has 0 radical (unpaired) electrons. The molecule has 0 N–H and O–H groups in total. The summed E-state index contributed by atoms with van der Waals surface area (Å²) in [5.41, 5.74) is -0.178. The SMILES string of the molecule is CCC1(N2CCOCC2)CCN(C(=O)OC(C)(C)C)CC1. The molecule has 2 aliphatic heterocycles. The van der Waals surface area contributed by atoms with Gasteiger partial charge in [-0.15, -0.1) is 0 Å². The molecule has 0 aliphatic carbocycles. The van der Waals surface area contributed by atoms with Crippen molar-refractivity contribution in [3.05, 3.63) is 0 Å². The monoisotopic (exact) mass is 298 g/mol. The Morgan fingerprint density at radius 1 is 1.14 bits per heavy atom. The van der Waals surface area contributed by atoms with E-state index >= 15 is 0 Å². The molecule has 5 heteroatoms. The molecule has 0 unspecified atom stereocenters. The average molecular weight is 298 g/mol. The number of carbonyl (C=O) groups excluding carboxylic acids is 1. The molecule has 0 saturated carbocycles. The molecule has 5 nitrogen and oxygen atoms in total. The fraction of sp³-hybridized carbons (Fsp3) is 0.938. The number of piperidine rings is 1. The summed E-state index contributed by atoms with van der Waals surface area (Å²) in [6, 6.07) is 0. The zero-order chi connectivity index (χ0) is 15.5. The molecule has 0 aromatic carbocycles. The predicted octanol–water partition coefficient (Wildman–Crippen LogP) is 2.50. The third-order valence-corrected chi connectivity index (χ3v) is 4.69. The second-order valence-electron chi connectivity index (χ2n) is 7.14. The van der Waals surface area contributed by atoms with Crippen molar-refractivity contribution in [2.24, 2.45) is 0 Å². The molecular weight excluding hydrogens is 268 g/mol. The van der Waals surface area contributed by atoms with Crippen LogP contribution >= 0.6 is 0 Å². The van der Waals surface area contributed by atoms with Gasteiger partial charge in [0.15, 0.2) is 0 Å². The fourth-order valence-electron chi connectivity index (χ4n) is 3.36. The zero-order valence-electron chi connectivity index (χ0n) is 14.0. The van der Waals surface area contributed by atoms with Gasteiger partial charge in [-0.05, 0) is 40.0 Å². The van der Waals surface area contributed by atoms with Gasteiger partial charge in [-0.2, -0.15) is 0 Å². The van der Waals surface area contributed by atoms with Crippen molar-refractivity contribution in [1.82, 2.24) is 9.80 Å². The summed E-state index contributed by atoms with van der Waals surface area (Å²) in [6.45, 7) is 13.3. The van der Waals surface area contributed by atoms with Gasteiger partial charge in [0, 0.05) is 31.7 Å². The van der Waals surface area contributed by atoms with E-state index in [9.17, 15) is 4.79 Å². The van der Waals surface area contributed by atoms with Crippen LogP contribution in [-0.2, 0) is 9.47 Å². The maximum Gasteiger partial charge on any atom is 0.410 e. The predicted molar refractivity (Wildman–Crippen MR) is 82.5 cm³/mol. The second kappa shape index (κ2) is 6.53. The Hall–Kier alpha value is -0.810. The standard InChI is InChI=1S/C16H30N2O3/c1-5-16(18-10-12-20-13-11-18)6-8-17(9-7-16)14(19)21-15(2,3)4/h5-13H2,1-4H3. The molecule has 2 saturated heterocycles. The maximum absolute atomic E-state index is 12.2. The van der Waals surface area contributed by atoms with E-state index in [1.807, 2.05) is 25.7 Å². The van der Waals surface area contributed by atoms with Crippen LogP contribution in [0.2, 0.25) is 0 Å². The molecule has 0 atom stereocenters. The molecule has 2 fully saturated rings. The topological polar surface area (TPSA) is 42.0 Å². The Labute approximate surface area is 128 Å². The lowest BCUT2D eigenvalue weighted by molar-refractivity contribution is -0.0523. The van der Waals surface area contributed by atoms with E-state index in [0.717, 1.165) is 58.7 Å². The number of hydrogen-bond donors (Lipinski definition) is 0. The van der Waals surface area contributed by atoms with Crippen molar-refractivity contribution >= 4 is 6.09 Å². The van der Waals surface area contributed by atoms with E-state index in [-0.39, 0.29) is 11.6 Å². The highest BCUT2D eigenvalue weighted by molar-refractivity contribution is 5.68. The summed E-state index contributed by atoms with van der Waals surface area (Å²) in [6.07, 6.45) is 3.02. The van der Waals surface area contributed by atoms with Crippen LogP contribution in [-0.4, -0.2) is 66.4 Å². The van der Waals surface area contributed by atoms with Gasteiger partial charge in [0.25, 0.3) is 0 Å². The zero-order valence-corrected chi connectivity index (χ0v) is 14.0. The Morgan fingerprint density at radius 2 is 1.71 bits per heavy atom. The molecule has 0 spiro atoms. The van der Waals surface area contributed by atoms with E-state index in [1.54, 1.807) is 0 Å². The Bertz CT molecular complexity index is 351. The largest absolute Gasteiger partial charge is 0.444 e. The molecule has 0 aromatic heterocycles. The van der Waals surface area contributed by atoms with Crippen LogP contribution in [0.4, 0.5) is 4.79 Å². The van der Waals surface area contributed by atoms with Gasteiger partial charge in [-0.25, -0.2) is 4.79 Å². The minimum absolute atomic E-state index is 0.172. The van der Waals surface area contributed by atoms with Crippen LogP contribution in [0, 0.1) is 0 Å². The normalized spacial score (nSPS) is 23.9. The lowest BCUT2D eigenvalue weighted by atomic mass is 9.83. The first-order chi connectivity index (χ1) is 9.86. The van der Waals surface area contributed by atoms with Crippen LogP contribution < -0.4 is 0 Å². The molecule has 21 heavy (non-hydrogen) atoms. The molecular formula is C16H30N2O3. The first-order valence-corrected chi connectivity index (χ1v) is 8.17. The van der Waals surface area contributed by atoms with Gasteiger partial charge in [0.2, 0.25) is 0 Å². The molecule has 1 amide bonds. The number of rotatable bonds is 2. The molecule has 2 aliphatic rings. The van der Waals surface area contributed by atoms with Crippen LogP contribution in [0.3, 0.4) is 0 Å². The van der Waals surface area contributed by atoms with Crippen LogP contribution in [0.5, 0.6) is 0 Å². The highest BCUT2D eigenvalue weighted by atomic mass is 16.6. The van der Waals surface area contributed by atoms with E-state index < -0.39 is 5.60 Å². The molecule has 2 rings (SSSR count). The summed E-state index contributed by atoms with van der Waals surface area (Å²) in [4.78, 5) is 16.6. The van der Waals surface area contributed by atoms with Crippen LogP contribution in [0.15, 0.2) is 0 Å². The summed E-state index contributed by atoms with van der Waals surface area (Å²) in [5.74, 6) is 0. The lowest BCUT2D eigenvalue weighted by Crippen LogP contribution is -2.59. The molecule has 2 heterocycles. The van der Waals surface area contributed by atoms with E-state index in [4.69, 9.17) is 9.47 Å². The quantitative estimate of drug-likeness (QED) is 0.785. The molecule has 122 valence electrons. The number of nitrogens with zero attached hydrogens (tertiary/aromatic N) is 2. The minimum atomic E-state index is -0.416. The first-order valence-electron chi connectivity index (χ1n) is 8.17. The Kier molecular flexibility index (Phi) is 5.15. The first kappa shape index (κ1) is 16.6. The number of hydrogen-bond acceptors (Lipinski definition) is 4. The van der Waals surface area contributed by atoms with Crippen molar-refractivity contribution < 1.29 is 14.3 Å². The van der Waals surface area contributed by atoms with Gasteiger partial charge in [0.1, 0.15) is 5.60 Å². The van der Waals surface area contributed by atoms with Gasteiger partial charge >= 0.3 is 6.09 Å². The smallest absolute Gasteiger partial charge is 0.410 e. The second-order valence-corrected chi connectivity index (χ2v) is 7.14. The summed E-state index contributed by atoms with van der Waals surface area (Å²) in [7, 11) is 0. The molecule has 0 aromatic rings. The van der Waals surface area contributed by atoms with Crippen molar-refractivity contribution in [2.75, 3.05) is 39.4 Å². The highest BCUT2D eigenvalue weighted by Crippen LogP contribution is 2.33. The lowest BCUT2D eigenvalue weighted by Gasteiger charge is -2.49. The van der Waals surface area contributed by atoms with Gasteiger partial charge in [-0.1, -0.05) is 6.92 Å². The summed E-state index contributed by atoms with van der Waals surface area (Å²) < 4.78 is 10.9. The minimum Gasteiger partial charge on any atom is -0.444 e. The highest BCUT2D eigenvalue weighted by Gasteiger charge is 2.40. The van der Waals surface area contributed by atoms with Gasteiger partial charge in [0.05, 0.1) is 13.2 Å². The Balaban J connectivity index is 1.92. The van der Waals surface area contributed by atoms with Crippen LogP contribution in [0.1, 0.15) is 47.0 Å². The Morgan fingerprint density at radius 3 is 2.19 bits per heavy atom. The third kappa shape index (κ3) is 4.10.